The third-order valence-corrected chi connectivity index (χ3v) is 3.57. The van der Waals surface area contributed by atoms with Crippen LogP contribution in [0.3, 0.4) is 0 Å². The average Bonchev–Trinajstić information content (AvgIpc) is 2.62. The van der Waals surface area contributed by atoms with E-state index in [-0.39, 0.29) is 0 Å². The molecule has 0 radical (unpaired) electrons. The summed E-state index contributed by atoms with van der Waals surface area (Å²) in [4.78, 5) is 0. The zero-order valence-electron chi connectivity index (χ0n) is 9.18. The third kappa shape index (κ3) is 1.28. The van der Waals surface area contributed by atoms with Crippen molar-refractivity contribution >= 4 is 5.82 Å². The molecule has 1 aromatic rings. The van der Waals surface area contributed by atoms with Crippen molar-refractivity contribution in [2.75, 3.05) is 18.9 Å². The van der Waals surface area contributed by atoms with Gasteiger partial charge in [-0.1, -0.05) is 0 Å². The number of rotatable bonds is 2. The Morgan fingerprint density at radius 3 is 2.73 bits per heavy atom. The summed E-state index contributed by atoms with van der Waals surface area (Å²) in [6.07, 6.45) is 0. The molecule has 3 rings (SSSR count). The van der Waals surface area contributed by atoms with Crippen molar-refractivity contribution in [2.45, 2.75) is 25.8 Å². The van der Waals surface area contributed by atoms with Crippen LogP contribution in [0.15, 0.2) is 6.07 Å². The van der Waals surface area contributed by atoms with E-state index in [4.69, 9.17) is 10.5 Å². The molecule has 0 bridgehead atoms. The lowest BCUT2D eigenvalue weighted by molar-refractivity contribution is 0.159. The Morgan fingerprint density at radius 1 is 1.47 bits per heavy atom. The molecule has 1 saturated carbocycles. The van der Waals surface area contributed by atoms with E-state index in [0.717, 1.165) is 25.0 Å². The minimum Gasteiger partial charge on any atom is -0.382 e. The Labute approximate surface area is 89.4 Å². The predicted octanol–water partition coefficient (Wildman–Crippen LogP) is 1.41. The van der Waals surface area contributed by atoms with Crippen molar-refractivity contribution in [1.82, 2.24) is 9.78 Å². The Balaban J connectivity index is 1.91. The fourth-order valence-corrected chi connectivity index (χ4v) is 2.77. The van der Waals surface area contributed by atoms with E-state index < -0.39 is 0 Å². The maximum Gasteiger partial charge on any atom is 0.145 e. The molecule has 82 valence electrons. The molecule has 1 aromatic heterocycles. The maximum absolute atomic E-state index is 5.77. The van der Waals surface area contributed by atoms with E-state index in [9.17, 15) is 0 Å². The fraction of sp³-hybridized carbons (Fsp3) is 0.727. The number of nitrogens with two attached hydrogens (primary N) is 1. The van der Waals surface area contributed by atoms with Gasteiger partial charge in [0.2, 0.25) is 0 Å². The van der Waals surface area contributed by atoms with Gasteiger partial charge in [-0.2, -0.15) is 5.10 Å². The van der Waals surface area contributed by atoms with Crippen molar-refractivity contribution in [3.05, 3.63) is 11.8 Å². The molecular weight excluding hydrogens is 190 g/mol. The SMILES string of the molecule is CC(C)n1nc(N)cc1[C@@H]1[C@@H]2COC[C@@H]21. The lowest BCUT2D eigenvalue weighted by Crippen LogP contribution is -2.09. The van der Waals surface area contributed by atoms with E-state index in [2.05, 4.69) is 23.6 Å². The Hall–Kier alpha value is -1.03. The Bertz CT molecular complexity index is 375. The van der Waals surface area contributed by atoms with E-state index in [1.165, 1.54) is 5.69 Å². The van der Waals surface area contributed by atoms with Crippen LogP contribution < -0.4 is 5.73 Å². The van der Waals surface area contributed by atoms with Crippen molar-refractivity contribution in [1.29, 1.82) is 0 Å². The smallest absolute Gasteiger partial charge is 0.145 e. The molecule has 2 aliphatic rings. The molecule has 0 spiro atoms. The maximum atomic E-state index is 5.77. The van der Waals surface area contributed by atoms with Gasteiger partial charge in [-0.25, -0.2) is 0 Å². The number of anilines is 1. The van der Waals surface area contributed by atoms with Gasteiger partial charge in [-0.05, 0) is 25.7 Å². The number of nitrogen functional groups attached to an aromatic ring is 1. The minimum atomic E-state index is 0.388. The summed E-state index contributed by atoms with van der Waals surface area (Å²) in [5.41, 5.74) is 7.08. The highest BCUT2D eigenvalue weighted by Crippen LogP contribution is 2.57. The quantitative estimate of drug-likeness (QED) is 0.797. The largest absolute Gasteiger partial charge is 0.382 e. The van der Waals surface area contributed by atoms with Crippen LogP contribution in [0.25, 0.3) is 0 Å². The highest BCUT2D eigenvalue weighted by molar-refractivity contribution is 5.35. The molecule has 1 aliphatic heterocycles. The van der Waals surface area contributed by atoms with E-state index in [1.54, 1.807) is 0 Å². The van der Waals surface area contributed by atoms with Gasteiger partial charge in [-0.15, -0.1) is 0 Å². The fourth-order valence-electron chi connectivity index (χ4n) is 2.77. The van der Waals surface area contributed by atoms with Crippen LogP contribution in [0.1, 0.15) is 31.5 Å². The first kappa shape index (κ1) is 9.21. The molecule has 3 atom stereocenters. The molecule has 2 N–H and O–H groups in total. The van der Waals surface area contributed by atoms with Gasteiger partial charge in [0, 0.05) is 23.7 Å². The van der Waals surface area contributed by atoms with Crippen LogP contribution in [-0.2, 0) is 4.74 Å². The summed E-state index contributed by atoms with van der Waals surface area (Å²) in [5.74, 6) is 2.73. The second kappa shape index (κ2) is 2.98. The molecule has 0 unspecified atom stereocenters. The van der Waals surface area contributed by atoms with Gasteiger partial charge < -0.3 is 10.5 Å². The standard InChI is InChI=1S/C11H17N3O/c1-6(2)14-9(3-10(12)13-14)11-7-4-15-5-8(7)11/h3,6-8,11H,4-5H2,1-2H3,(H2,12,13)/t7-,8+,11-. The lowest BCUT2D eigenvalue weighted by atomic mass is 10.2. The highest BCUT2D eigenvalue weighted by Gasteiger charge is 2.56. The second-order valence-electron chi connectivity index (χ2n) is 4.92. The molecule has 4 heteroatoms. The molecule has 1 aliphatic carbocycles. The first-order valence-electron chi connectivity index (χ1n) is 5.61. The van der Waals surface area contributed by atoms with Gasteiger partial charge in [0.05, 0.1) is 13.2 Å². The zero-order valence-corrected chi connectivity index (χ0v) is 9.18. The monoisotopic (exact) mass is 207 g/mol. The lowest BCUT2D eigenvalue weighted by Gasteiger charge is -2.11. The summed E-state index contributed by atoms with van der Waals surface area (Å²) in [6.45, 7) is 6.12. The summed E-state index contributed by atoms with van der Waals surface area (Å²) < 4.78 is 7.47. The average molecular weight is 207 g/mol. The number of ether oxygens (including phenoxy) is 1. The van der Waals surface area contributed by atoms with Crippen LogP contribution in [-0.4, -0.2) is 23.0 Å². The first-order valence-corrected chi connectivity index (χ1v) is 5.61. The molecular formula is C11H17N3O. The molecule has 0 amide bonds. The summed E-state index contributed by atoms with van der Waals surface area (Å²) in [6, 6.07) is 2.42. The topological polar surface area (TPSA) is 53.1 Å². The molecule has 0 aromatic carbocycles. The van der Waals surface area contributed by atoms with Crippen molar-refractivity contribution < 1.29 is 4.74 Å². The van der Waals surface area contributed by atoms with Crippen LogP contribution in [0.2, 0.25) is 0 Å². The number of hydrogen-bond donors (Lipinski definition) is 1. The molecule has 2 heterocycles. The second-order valence-corrected chi connectivity index (χ2v) is 4.92. The van der Waals surface area contributed by atoms with Crippen molar-refractivity contribution in [3.63, 3.8) is 0 Å². The van der Waals surface area contributed by atoms with E-state index in [0.29, 0.717) is 17.8 Å². The van der Waals surface area contributed by atoms with Crippen LogP contribution in [0, 0.1) is 11.8 Å². The van der Waals surface area contributed by atoms with Gasteiger partial charge in [0.15, 0.2) is 0 Å². The molecule has 2 fully saturated rings. The van der Waals surface area contributed by atoms with Crippen LogP contribution in [0.5, 0.6) is 0 Å². The van der Waals surface area contributed by atoms with Gasteiger partial charge >= 0.3 is 0 Å². The van der Waals surface area contributed by atoms with Crippen LogP contribution >= 0.6 is 0 Å². The highest BCUT2D eigenvalue weighted by atomic mass is 16.5. The van der Waals surface area contributed by atoms with Crippen molar-refractivity contribution in [2.24, 2.45) is 11.8 Å². The summed E-state index contributed by atoms with van der Waals surface area (Å²) >= 11 is 0. The van der Waals surface area contributed by atoms with Gasteiger partial charge in [-0.3, -0.25) is 4.68 Å². The number of nitrogens with zero attached hydrogens (tertiary/aromatic N) is 2. The minimum absolute atomic E-state index is 0.388. The Kier molecular flexibility index (Phi) is 1.83. The number of aromatic nitrogens is 2. The summed E-state index contributed by atoms with van der Waals surface area (Å²) in [7, 11) is 0. The predicted molar refractivity (Wildman–Crippen MR) is 57.6 cm³/mol. The van der Waals surface area contributed by atoms with Gasteiger partial charge in [0.1, 0.15) is 5.82 Å². The third-order valence-electron chi connectivity index (χ3n) is 3.57. The van der Waals surface area contributed by atoms with E-state index in [1.807, 2.05) is 6.07 Å². The number of fused-ring (bicyclic) bond motifs is 1. The first-order chi connectivity index (χ1) is 7.18. The zero-order chi connectivity index (χ0) is 10.6. The Morgan fingerprint density at radius 2 is 2.13 bits per heavy atom. The molecule has 4 nitrogen and oxygen atoms in total. The van der Waals surface area contributed by atoms with Crippen LogP contribution in [0.4, 0.5) is 5.82 Å². The van der Waals surface area contributed by atoms with E-state index >= 15 is 0 Å². The summed E-state index contributed by atoms with van der Waals surface area (Å²) in [5, 5.41) is 4.35. The normalized spacial score (nSPS) is 33.4. The molecule has 1 saturated heterocycles. The van der Waals surface area contributed by atoms with Gasteiger partial charge in [0.25, 0.3) is 0 Å². The number of hydrogen-bond acceptors (Lipinski definition) is 3. The molecule has 15 heavy (non-hydrogen) atoms. The van der Waals surface area contributed by atoms with Crippen molar-refractivity contribution in [3.8, 4) is 0 Å².